The van der Waals surface area contributed by atoms with Gasteiger partial charge in [0.15, 0.2) is 0 Å². The van der Waals surface area contributed by atoms with E-state index in [1.807, 2.05) is 35.2 Å². The smallest absolute Gasteiger partial charge is 0.248 e. The summed E-state index contributed by atoms with van der Waals surface area (Å²) in [6.45, 7) is 1.87. The molecule has 0 unspecified atom stereocenters. The fourth-order valence-electron chi connectivity index (χ4n) is 3.45. The van der Waals surface area contributed by atoms with Gasteiger partial charge < -0.3 is 14.5 Å². The number of nitrogens with zero attached hydrogens (tertiary/aromatic N) is 2. The molecule has 1 aromatic rings. The van der Waals surface area contributed by atoms with Gasteiger partial charge in [0, 0.05) is 32.8 Å². The Bertz CT molecular complexity index is 546. The van der Waals surface area contributed by atoms with Crippen LogP contribution in [-0.4, -0.2) is 54.5 Å². The van der Waals surface area contributed by atoms with Crippen molar-refractivity contribution in [3.8, 4) is 0 Å². The van der Waals surface area contributed by atoms with Crippen molar-refractivity contribution in [2.45, 2.75) is 25.4 Å². The molecule has 0 radical (unpaired) electrons. The van der Waals surface area contributed by atoms with Crippen molar-refractivity contribution in [2.75, 3.05) is 26.8 Å². The van der Waals surface area contributed by atoms with Crippen LogP contribution < -0.4 is 0 Å². The lowest BCUT2D eigenvalue weighted by Crippen LogP contribution is -2.47. The molecule has 3 saturated heterocycles. The van der Waals surface area contributed by atoms with E-state index in [2.05, 4.69) is 0 Å². The monoisotopic (exact) mass is 302 g/mol. The van der Waals surface area contributed by atoms with Gasteiger partial charge in [0.2, 0.25) is 11.8 Å². The summed E-state index contributed by atoms with van der Waals surface area (Å²) in [6, 6.07) is 10.2. The fourth-order valence-corrected chi connectivity index (χ4v) is 3.45. The molecule has 0 saturated carbocycles. The van der Waals surface area contributed by atoms with Gasteiger partial charge in [-0.3, -0.25) is 9.59 Å². The lowest BCUT2D eigenvalue weighted by atomic mass is 9.93. The zero-order chi connectivity index (χ0) is 15.5. The van der Waals surface area contributed by atoms with E-state index in [1.54, 1.807) is 4.90 Å². The predicted octanol–water partition coefficient (Wildman–Crippen LogP) is 1.28. The first-order valence-electron chi connectivity index (χ1n) is 7.80. The summed E-state index contributed by atoms with van der Waals surface area (Å²) in [5.74, 6) is 0.102. The number of hydrogen-bond acceptors (Lipinski definition) is 3. The molecule has 2 bridgehead atoms. The maximum atomic E-state index is 12.7. The van der Waals surface area contributed by atoms with Crippen molar-refractivity contribution in [3.63, 3.8) is 0 Å². The molecular formula is C17H22N2O3. The lowest BCUT2D eigenvalue weighted by molar-refractivity contribution is -0.140. The number of benzene rings is 1. The van der Waals surface area contributed by atoms with Gasteiger partial charge in [-0.15, -0.1) is 0 Å². The van der Waals surface area contributed by atoms with Crippen molar-refractivity contribution in [1.29, 1.82) is 0 Å². The predicted molar refractivity (Wildman–Crippen MR) is 82.0 cm³/mol. The summed E-state index contributed by atoms with van der Waals surface area (Å²) < 4.78 is 4.95. The molecule has 5 heteroatoms. The number of carbonyl (C=O) groups excluding carboxylic acids is 2. The normalized spacial score (nSPS) is 24.5. The van der Waals surface area contributed by atoms with Crippen molar-refractivity contribution in [3.05, 3.63) is 35.9 Å². The van der Waals surface area contributed by atoms with Crippen LogP contribution in [0.5, 0.6) is 0 Å². The van der Waals surface area contributed by atoms with Crippen LogP contribution in [0.15, 0.2) is 30.3 Å². The second-order valence-corrected chi connectivity index (χ2v) is 6.11. The molecule has 3 fully saturated rings. The third kappa shape index (κ3) is 2.99. The van der Waals surface area contributed by atoms with Crippen LogP contribution in [0.2, 0.25) is 0 Å². The molecule has 2 atom stereocenters. The third-order valence-electron chi connectivity index (χ3n) is 4.61. The summed E-state index contributed by atoms with van der Waals surface area (Å²) >= 11 is 0. The first-order chi connectivity index (χ1) is 10.7. The topological polar surface area (TPSA) is 49.9 Å². The molecule has 2 amide bonds. The SMILES string of the molecule is COCC(=O)N1C[C@@H]2CC[C@H](C1)N(Cc1ccccc1)C2=O. The molecule has 1 aromatic carbocycles. The van der Waals surface area contributed by atoms with Gasteiger partial charge >= 0.3 is 0 Å². The van der Waals surface area contributed by atoms with Gasteiger partial charge in [-0.1, -0.05) is 30.3 Å². The largest absolute Gasteiger partial charge is 0.375 e. The van der Waals surface area contributed by atoms with Crippen molar-refractivity contribution < 1.29 is 14.3 Å². The minimum atomic E-state index is -0.0664. The number of hydrogen-bond donors (Lipinski definition) is 0. The highest BCUT2D eigenvalue weighted by atomic mass is 16.5. The molecule has 118 valence electrons. The van der Waals surface area contributed by atoms with E-state index in [9.17, 15) is 9.59 Å². The molecule has 0 N–H and O–H groups in total. The number of carbonyl (C=O) groups is 2. The second-order valence-electron chi connectivity index (χ2n) is 6.11. The lowest BCUT2D eigenvalue weighted by Gasteiger charge is -2.36. The minimum absolute atomic E-state index is 0.0197. The van der Waals surface area contributed by atoms with Gasteiger partial charge in [-0.25, -0.2) is 0 Å². The first-order valence-corrected chi connectivity index (χ1v) is 7.80. The third-order valence-corrected chi connectivity index (χ3v) is 4.61. The van der Waals surface area contributed by atoms with E-state index in [1.165, 1.54) is 7.11 Å². The number of rotatable bonds is 4. The molecular weight excluding hydrogens is 280 g/mol. The average molecular weight is 302 g/mol. The van der Waals surface area contributed by atoms with E-state index < -0.39 is 0 Å². The quantitative estimate of drug-likeness (QED) is 0.842. The highest BCUT2D eigenvalue weighted by molar-refractivity contribution is 5.83. The van der Waals surface area contributed by atoms with Crippen LogP contribution in [0.4, 0.5) is 0 Å². The first kappa shape index (κ1) is 15.0. The Kier molecular flexibility index (Phi) is 4.43. The molecule has 3 heterocycles. The molecule has 3 aliphatic rings. The number of fused-ring (bicyclic) bond motifs is 4. The van der Waals surface area contributed by atoms with Gasteiger partial charge in [0.05, 0.1) is 5.92 Å². The Morgan fingerprint density at radius 3 is 2.73 bits per heavy atom. The Morgan fingerprint density at radius 1 is 1.23 bits per heavy atom. The maximum Gasteiger partial charge on any atom is 0.248 e. The van der Waals surface area contributed by atoms with Gasteiger partial charge in [-0.2, -0.15) is 0 Å². The standard InChI is InChI=1S/C17H22N2O3/c1-22-12-16(20)18-10-14-7-8-15(11-18)19(17(14)21)9-13-5-3-2-4-6-13/h2-6,14-15H,7-12H2,1H3/t14-,15+/m0/s1. The van der Waals surface area contributed by atoms with E-state index in [0.29, 0.717) is 19.6 Å². The zero-order valence-electron chi connectivity index (χ0n) is 12.9. The van der Waals surface area contributed by atoms with Gasteiger partial charge in [0.1, 0.15) is 6.61 Å². The molecule has 22 heavy (non-hydrogen) atoms. The Morgan fingerprint density at radius 2 is 2.00 bits per heavy atom. The van der Waals surface area contributed by atoms with Crippen LogP contribution in [-0.2, 0) is 20.9 Å². The molecule has 0 aromatic heterocycles. The van der Waals surface area contributed by atoms with Crippen molar-refractivity contribution in [2.24, 2.45) is 5.92 Å². The molecule has 0 aliphatic carbocycles. The van der Waals surface area contributed by atoms with E-state index >= 15 is 0 Å². The Labute approximate surface area is 130 Å². The minimum Gasteiger partial charge on any atom is -0.375 e. The van der Waals surface area contributed by atoms with E-state index in [4.69, 9.17) is 4.74 Å². The van der Waals surface area contributed by atoms with E-state index in [-0.39, 0.29) is 30.4 Å². The molecule has 3 aliphatic heterocycles. The second kappa shape index (κ2) is 6.48. The summed E-state index contributed by atoms with van der Waals surface area (Å²) in [5.41, 5.74) is 1.14. The van der Waals surface area contributed by atoms with Crippen LogP contribution in [0.25, 0.3) is 0 Å². The summed E-state index contributed by atoms with van der Waals surface area (Å²) in [7, 11) is 1.52. The highest BCUT2D eigenvalue weighted by Gasteiger charge is 2.41. The number of methoxy groups -OCH3 is 1. The van der Waals surface area contributed by atoms with Gasteiger partial charge in [-0.05, 0) is 18.4 Å². The zero-order valence-corrected chi connectivity index (χ0v) is 12.9. The van der Waals surface area contributed by atoms with E-state index in [0.717, 1.165) is 18.4 Å². The molecule has 0 spiro atoms. The van der Waals surface area contributed by atoms with Crippen LogP contribution in [0, 0.1) is 5.92 Å². The van der Waals surface area contributed by atoms with Crippen LogP contribution >= 0.6 is 0 Å². The highest BCUT2D eigenvalue weighted by Crippen LogP contribution is 2.30. The van der Waals surface area contributed by atoms with Crippen molar-refractivity contribution in [1.82, 2.24) is 9.80 Å². The number of piperidine rings is 1. The summed E-state index contributed by atoms with van der Waals surface area (Å²) in [5, 5.41) is 0. The Hall–Kier alpha value is -1.88. The van der Waals surface area contributed by atoms with Gasteiger partial charge in [0.25, 0.3) is 0 Å². The maximum absolute atomic E-state index is 12.7. The fraction of sp³-hybridized carbons (Fsp3) is 0.529. The van der Waals surface area contributed by atoms with Crippen molar-refractivity contribution >= 4 is 11.8 Å². The average Bonchev–Trinajstić information content (AvgIpc) is 2.82. The summed E-state index contributed by atoms with van der Waals surface area (Å²) in [6.07, 6.45) is 1.85. The summed E-state index contributed by atoms with van der Waals surface area (Å²) in [4.78, 5) is 28.6. The van der Waals surface area contributed by atoms with Crippen LogP contribution in [0.3, 0.4) is 0 Å². The number of ether oxygens (including phenoxy) is 1. The van der Waals surface area contributed by atoms with Crippen LogP contribution in [0.1, 0.15) is 18.4 Å². The molecule has 5 nitrogen and oxygen atoms in total. The number of amides is 2. The Balaban J connectivity index is 1.76. The molecule has 4 rings (SSSR count).